The molecule has 16 heavy (non-hydrogen) atoms. The minimum Gasteiger partial charge on any atom is -0.389 e. The monoisotopic (exact) mass is 221 g/mol. The lowest BCUT2D eigenvalue weighted by Crippen LogP contribution is -2.37. The number of aromatic nitrogens is 2. The van der Waals surface area contributed by atoms with Crippen LogP contribution in [0.4, 0.5) is 0 Å². The Morgan fingerprint density at radius 2 is 2.06 bits per heavy atom. The molecular weight excluding hydrogens is 202 g/mol. The Hall–Kier alpha value is -1.00. The van der Waals surface area contributed by atoms with Gasteiger partial charge in [-0.3, -0.25) is 9.97 Å². The molecule has 1 saturated carbocycles. The molecule has 0 radical (unpaired) electrons. The van der Waals surface area contributed by atoms with E-state index in [2.05, 4.69) is 15.3 Å². The smallest absolute Gasteiger partial charge is 0.0771 e. The van der Waals surface area contributed by atoms with Crippen LogP contribution in [0.25, 0.3) is 0 Å². The van der Waals surface area contributed by atoms with Crippen LogP contribution in [-0.4, -0.2) is 27.2 Å². The first-order valence-electron chi connectivity index (χ1n) is 5.89. The average molecular weight is 221 g/mol. The van der Waals surface area contributed by atoms with Gasteiger partial charge in [0, 0.05) is 25.5 Å². The first kappa shape index (κ1) is 11.5. The van der Waals surface area contributed by atoms with E-state index in [4.69, 9.17) is 0 Å². The van der Waals surface area contributed by atoms with Gasteiger partial charge in [0.05, 0.1) is 17.0 Å². The molecule has 4 nitrogen and oxygen atoms in total. The Balaban J connectivity index is 1.77. The minimum atomic E-state index is -0.488. The molecule has 1 aliphatic rings. The van der Waals surface area contributed by atoms with Gasteiger partial charge in [-0.05, 0) is 19.8 Å². The van der Waals surface area contributed by atoms with Gasteiger partial charge >= 0.3 is 0 Å². The second kappa shape index (κ2) is 4.89. The van der Waals surface area contributed by atoms with Gasteiger partial charge in [-0.25, -0.2) is 0 Å². The third-order valence-corrected chi connectivity index (χ3v) is 3.13. The standard InChI is InChI=1S/C12H19N3O/c1-10-6-15-11(8-14-10)7-13-9-12(16)4-2-3-5-12/h6,8,13,16H,2-5,7,9H2,1H3. The highest BCUT2D eigenvalue weighted by Crippen LogP contribution is 2.28. The SMILES string of the molecule is Cc1cnc(CNCC2(O)CCCC2)cn1. The van der Waals surface area contributed by atoms with E-state index in [-0.39, 0.29) is 0 Å². The van der Waals surface area contributed by atoms with E-state index >= 15 is 0 Å². The van der Waals surface area contributed by atoms with Crippen LogP contribution in [0.15, 0.2) is 12.4 Å². The number of hydrogen-bond donors (Lipinski definition) is 2. The lowest BCUT2D eigenvalue weighted by atomic mass is 10.0. The van der Waals surface area contributed by atoms with Gasteiger partial charge in [0.1, 0.15) is 0 Å². The molecule has 1 aromatic rings. The van der Waals surface area contributed by atoms with E-state index in [9.17, 15) is 5.11 Å². The van der Waals surface area contributed by atoms with Crippen molar-refractivity contribution in [3.8, 4) is 0 Å². The Morgan fingerprint density at radius 1 is 1.31 bits per heavy atom. The summed E-state index contributed by atoms with van der Waals surface area (Å²) in [5, 5.41) is 13.4. The molecule has 2 N–H and O–H groups in total. The van der Waals surface area contributed by atoms with Gasteiger partial charge in [-0.1, -0.05) is 12.8 Å². The Bertz CT molecular complexity index is 331. The minimum absolute atomic E-state index is 0.488. The number of nitrogens with zero attached hydrogens (tertiary/aromatic N) is 2. The first-order chi connectivity index (χ1) is 7.68. The van der Waals surface area contributed by atoms with Crippen LogP contribution < -0.4 is 5.32 Å². The predicted octanol–water partition coefficient (Wildman–Crippen LogP) is 1.18. The lowest BCUT2D eigenvalue weighted by Gasteiger charge is -2.22. The Kier molecular flexibility index (Phi) is 3.51. The summed E-state index contributed by atoms with van der Waals surface area (Å²) in [6.07, 6.45) is 7.66. The fraction of sp³-hybridized carbons (Fsp3) is 0.667. The third kappa shape index (κ3) is 3.00. The van der Waals surface area contributed by atoms with Gasteiger partial charge in [0.25, 0.3) is 0 Å². The number of aliphatic hydroxyl groups is 1. The van der Waals surface area contributed by atoms with Crippen LogP contribution in [0, 0.1) is 6.92 Å². The topological polar surface area (TPSA) is 58.0 Å². The van der Waals surface area contributed by atoms with Crippen LogP contribution in [0.2, 0.25) is 0 Å². The molecule has 1 heterocycles. The molecule has 1 aromatic heterocycles. The average Bonchev–Trinajstić information content (AvgIpc) is 2.69. The fourth-order valence-corrected chi connectivity index (χ4v) is 2.14. The largest absolute Gasteiger partial charge is 0.389 e. The van der Waals surface area contributed by atoms with Gasteiger partial charge in [-0.15, -0.1) is 0 Å². The zero-order valence-corrected chi connectivity index (χ0v) is 9.74. The molecule has 0 spiro atoms. The van der Waals surface area contributed by atoms with E-state index < -0.39 is 5.60 Å². The highest BCUT2D eigenvalue weighted by Gasteiger charge is 2.30. The van der Waals surface area contributed by atoms with E-state index in [0.29, 0.717) is 13.1 Å². The van der Waals surface area contributed by atoms with Crippen LogP contribution in [0.5, 0.6) is 0 Å². The third-order valence-electron chi connectivity index (χ3n) is 3.13. The Labute approximate surface area is 96.1 Å². The van der Waals surface area contributed by atoms with Crippen molar-refractivity contribution in [2.45, 2.75) is 44.8 Å². The van der Waals surface area contributed by atoms with Crippen LogP contribution in [0.3, 0.4) is 0 Å². The highest BCUT2D eigenvalue weighted by atomic mass is 16.3. The lowest BCUT2D eigenvalue weighted by molar-refractivity contribution is 0.0474. The summed E-state index contributed by atoms with van der Waals surface area (Å²) in [6, 6.07) is 0. The molecule has 0 unspecified atom stereocenters. The van der Waals surface area contributed by atoms with E-state index in [1.807, 2.05) is 6.92 Å². The maximum absolute atomic E-state index is 10.1. The van der Waals surface area contributed by atoms with Crippen molar-refractivity contribution in [2.75, 3.05) is 6.54 Å². The van der Waals surface area contributed by atoms with Gasteiger partial charge in [-0.2, -0.15) is 0 Å². The number of aryl methyl sites for hydroxylation is 1. The zero-order valence-electron chi connectivity index (χ0n) is 9.74. The van der Waals surface area contributed by atoms with Crippen LogP contribution in [0.1, 0.15) is 37.1 Å². The summed E-state index contributed by atoms with van der Waals surface area (Å²) in [6.45, 7) is 3.25. The normalized spacial score (nSPS) is 18.9. The highest BCUT2D eigenvalue weighted by molar-refractivity contribution is 5.00. The zero-order chi connectivity index (χ0) is 11.4. The maximum atomic E-state index is 10.1. The molecule has 88 valence electrons. The predicted molar refractivity (Wildman–Crippen MR) is 61.9 cm³/mol. The number of hydrogen-bond acceptors (Lipinski definition) is 4. The van der Waals surface area contributed by atoms with E-state index in [1.54, 1.807) is 12.4 Å². The van der Waals surface area contributed by atoms with Crippen molar-refractivity contribution in [1.29, 1.82) is 0 Å². The fourth-order valence-electron chi connectivity index (χ4n) is 2.14. The molecule has 0 saturated heterocycles. The molecule has 0 amide bonds. The van der Waals surface area contributed by atoms with Gasteiger partial charge in [0.15, 0.2) is 0 Å². The van der Waals surface area contributed by atoms with Crippen molar-refractivity contribution >= 4 is 0 Å². The first-order valence-corrected chi connectivity index (χ1v) is 5.89. The van der Waals surface area contributed by atoms with Gasteiger partial charge < -0.3 is 10.4 Å². The maximum Gasteiger partial charge on any atom is 0.0771 e. The molecule has 1 aliphatic carbocycles. The van der Waals surface area contributed by atoms with Crippen molar-refractivity contribution in [3.05, 3.63) is 23.8 Å². The number of nitrogens with one attached hydrogen (secondary N) is 1. The summed E-state index contributed by atoms with van der Waals surface area (Å²) >= 11 is 0. The summed E-state index contributed by atoms with van der Waals surface area (Å²) < 4.78 is 0. The second-order valence-electron chi connectivity index (χ2n) is 4.68. The van der Waals surface area contributed by atoms with E-state index in [1.165, 1.54) is 0 Å². The summed E-state index contributed by atoms with van der Waals surface area (Å²) in [5.74, 6) is 0. The van der Waals surface area contributed by atoms with Crippen LogP contribution >= 0.6 is 0 Å². The molecule has 2 rings (SSSR count). The van der Waals surface area contributed by atoms with Crippen LogP contribution in [-0.2, 0) is 6.54 Å². The van der Waals surface area contributed by atoms with Crippen molar-refractivity contribution in [2.24, 2.45) is 0 Å². The van der Waals surface area contributed by atoms with Gasteiger partial charge in [0.2, 0.25) is 0 Å². The number of rotatable bonds is 4. The molecule has 4 heteroatoms. The molecule has 0 aliphatic heterocycles. The molecule has 1 fully saturated rings. The molecule has 0 aromatic carbocycles. The summed E-state index contributed by atoms with van der Waals surface area (Å²) in [4.78, 5) is 8.44. The summed E-state index contributed by atoms with van der Waals surface area (Å²) in [7, 11) is 0. The summed E-state index contributed by atoms with van der Waals surface area (Å²) in [5.41, 5.74) is 1.36. The van der Waals surface area contributed by atoms with Crippen molar-refractivity contribution in [1.82, 2.24) is 15.3 Å². The quantitative estimate of drug-likeness (QED) is 0.801. The second-order valence-corrected chi connectivity index (χ2v) is 4.68. The molecule has 0 bridgehead atoms. The van der Waals surface area contributed by atoms with E-state index in [0.717, 1.165) is 37.1 Å². The van der Waals surface area contributed by atoms with Crippen molar-refractivity contribution in [3.63, 3.8) is 0 Å². The van der Waals surface area contributed by atoms with Crippen molar-refractivity contribution < 1.29 is 5.11 Å². The molecule has 0 atom stereocenters. The Morgan fingerprint density at radius 3 is 2.69 bits per heavy atom. The molecular formula is C12H19N3O.